The summed E-state index contributed by atoms with van der Waals surface area (Å²) in [7, 11) is 1.99. The number of rotatable bonds is 9. The molecule has 45 heavy (non-hydrogen) atoms. The van der Waals surface area contributed by atoms with E-state index in [9.17, 15) is 32.4 Å². The van der Waals surface area contributed by atoms with Gasteiger partial charge in [-0.2, -0.15) is 18.4 Å². The van der Waals surface area contributed by atoms with Crippen LogP contribution in [0.2, 0.25) is 0 Å². The molecule has 12 heteroatoms. The van der Waals surface area contributed by atoms with Gasteiger partial charge >= 0.3 is 6.18 Å². The minimum Gasteiger partial charge on any atom is -0.383 e. The second-order valence-electron chi connectivity index (χ2n) is 9.51. The van der Waals surface area contributed by atoms with E-state index >= 15 is 0 Å². The van der Waals surface area contributed by atoms with Crippen LogP contribution in [0.25, 0.3) is 16.7 Å². The van der Waals surface area contributed by atoms with E-state index in [0.717, 1.165) is 12.1 Å². The lowest BCUT2D eigenvalue weighted by atomic mass is 10.0. The number of nitriles is 1. The molecular weight excluding hydrogens is 590 g/mol. The molecule has 2 atom stereocenters. The summed E-state index contributed by atoms with van der Waals surface area (Å²) in [6, 6.07) is 15.0. The minimum absolute atomic E-state index is 0.155. The van der Waals surface area contributed by atoms with Gasteiger partial charge in [0.2, 0.25) is 5.91 Å². The Labute approximate surface area is 259 Å². The number of fused-ring (bicyclic) bond motifs is 1. The predicted octanol–water partition coefficient (Wildman–Crippen LogP) is 6.84. The monoisotopic (exact) mass is 627 g/mol. The Balaban J connectivity index is 0.00000169. The predicted molar refractivity (Wildman–Crippen MR) is 165 cm³/mol. The van der Waals surface area contributed by atoms with Crippen molar-refractivity contribution in [2.24, 2.45) is 0 Å². The molecule has 0 aliphatic carbocycles. The molecule has 8 nitrogen and oxygen atoms in total. The molecule has 0 fully saturated rings. The van der Waals surface area contributed by atoms with Gasteiger partial charge in [-0.15, -0.1) is 0 Å². The number of carbonyl (C=O) groups is 1. The van der Waals surface area contributed by atoms with Gasteiger partial charge in [0, 0.05) is 13.3 Å². The van der Waals surface area contributed by atoms with Crippen molar-refractivity contribution in [3.05, 3.63) is 99.7 Å². The van der Waals surface area contributed by atoms with Crippen LogP contribution in [0.3, 0.4) is 0 Å². The summed E-state index contributed by atoms with van der Waals surface area (Å²) in [5.74, 6) is -0.250. The van der Waals surface area contributed by atoms with Crippen molar-refractivity contribution in [2.45, 2.75) is 58.8 Å². The molecule has 0 saturated heterocycles. The number of halogens is 4. The van der Waals surface area contributed by atoms with Crippen LogP contribution in [0.5, 0.6) is 0 Å². The van der Waals surface area contributed by atoms with Crippen LogP contribution in [0.1, 0.15) is 62.7 Å². The molecule has 2 unspecified atom stereocenters. The van der Waals surface area contributed by atoms with Gasteiger partial charge < -0.3 is 9.64 Å². The fraction of sp³-hybridized carbons (Fsp3) is 0.364. The lowest BCUT2D eigenvalue weighted by Crippen LogP contribution is -2.46. The molecule has 0 N–H and O–H groups in total. The quantitative estimate of drug-likeness (QED) is 0.188. The van der Waals surface area contributed by atoms with Crippen molar-refractivity contribution < 1.29 is 27.1 Å². The van der Waals surface area contributed by atoms with Crippen LogP contribution in [0.4, 0.5) is 17.6 Å². The van der Waals surface area contributed by atoms with E-state index in [-0.39, 0.29) is 35.4 Å². The van der Waals surface area contributed by atoms with Crippen LogP contribution in [0.15, 0.2) is 71.7 Å². The van der Waals surface area contributed by atoms with E-state index in [1.165, 1.54) is 34.9 Å². The van der Waals surface area contributed by atoms with Crippen molar-refractivity contribution in [1.82, 2.24) is 19.4 Å². The molecule has 2 heterocycles. The van der Waals surface area contributed by atoms with Crippen LogP contribution in [-0.2, 0) is 22.1 Å². The summed E-state index contributed by atoms with van der Waals surface area (Å²) >= 11 is 0. The second-order valence-corrected chi connectivity index (χ2v) is 9.51. The van der Waals surface area contributed by atoms with Gasteiger partial charge in [0.25, 0.3) is 5.56 Å². The van der Waals surface area contributed by atoms with E-state index in [1.807, 2.05) is 26.8 Å². The summed E-state index contributed by atoms with van der Waals surface area (Å²) in [6.45, 7) is 7.73. The Hall–Kier alpha value is -4.63. The molecule has 0 bridgehead atoms. The highest BCUT2D eigenvalue weighted by Crippen LogP contribution is 2.31. The van der Waals surface area contributed by atoms with Crippen LogP contribution in [0, 0.1) is 11.3 Å². The van der Waals surface area contributed by atoms with Gasteiger partial charge in [-0.05, 0) is 61.4 Å². The molecule has 4 aromatic rings. The van der Waals surface area contributed by atoms with E-state index in [2.05, 4.69) is 4.98 Å². The first-order valence-corrected chi connectivity index (χ1v) is 14.3. The maximum absolute atomic E-state index is 13.9. The first kappa shape index (κ1) is 36.6. The molecule has 0 radical (unpaired) electrons. The molecule has 0 saturated carbocycles. The molecule has 240 valence electrons. The number of aromatic nitrogens is 3. The minimum atomic E-state index is -4.55. The Bertz CT molecular complexity index is 1650. The van der Waals surface area contributed by atoms with Gasteiger partial charge in [-0.25, -0.2) is 9.97 Å². The molecule has 0 aliphatic rings. The number of benzene rings is 2. The number of alkyl halides is 4. The molecule has 0 spiro atoms. The smallest absolute Gasteiger partial charge is 0.383 e. The maximum atomic E-state index is 13.9. The zero-order valence-electron chi connectivity index (χ0n) is 26.1. The highest BCUT2D eigenvalue weighted by molar-refractivity contribution is 5.80. The summed E-state index contributed by atoms with van der Waals surface area (Å²) in [6.07, 6.45) is -2.88. The second kappa shape index (κ2) is 17.0. The number of nitrogens with zero attached hydrogens (tertiary/aromatic N) is 5. The van der Waals surface area contributed by atoms with Gasteiger partial charge in [0.1, 0.15) is 5.82 Å². The van der Waals surface area contributed by atoms with E-state index < -0.39 is 35.3 Å². The van der Waals surface area contributed by atoms with Crippen molar-refractivity contribution >= 4 is 16.9 Å². The fourth-order valence-corrected chi connectivity index (χ4v) is 4.82. The molecule has 4 rings (SSSR count). The lowest BCUT2D eigenvalue weighted by molar-refractivity contribution is -0.139. The molecular formula is C33H37F4N5O3. The molecule has 2 aromatic heterocycles. The van der Waals surface area contributed by atoms with Crippen LogP contribution >= 0.6 is 0 Å². The third-order valence-corrected chi connectivity index (χ3v) is 6.84. The summed E-state index contributed by atoms with van der Waals surface area (Å²) in [5.41, 5.74) is -0.0424. The van der Waals surface area contributed by atoms with Gasteiger partial charge in [-0.1, -0.05) is 39.0 Å². The highest BCUT2D eigenvalue weighted by atomic mass is 19.4. The molecule has 2 aromatic carbocycles. The average molecular weight is 628 g/mol. The van der Waals surface area contributed by atoms with Crippen LogP contribution in [-0.4, -0.2) is 52.3 Å². The standard InChI is InChI=1S/C30H28F3N5O3.C2H6.CH3F/c1-4-23(18-41-3)37(26(39)16-21-7-5-8-22(15-21)30(31,32)33)19(2)28-36-27-25(9-6-14-35-27)29(40)38(28)24-12-10-20(17-34)11-13-24;2*1-2/h5-15,19,23H,4,16,18H2,1-3H3;1-2H3;1H3. The summed E-state index contributed by atoms with van der Waals surface area (Å²) in [4.78, 5) is 38.1. The summed E-state index contributed by atoms with van der Waals surface area (Å²) in [5, 5.41) is 9.50. The number of amides is 1. The van der Waals surface area contributed by atoms with E-state index in [1.54, 1.807) is 43.3 Å². The van der Waals surface area contributed by atoms with Gasteiger partial charge in [-0.3, -0.25) is 18.5 Å². The summed E-state index contributed by atoms with van der Waals surface area (Å²) < 4.78 is 56.3. The van der Waals surface area contributed by atoms with Crippen molar-refractivity contribution in [3.63, 3.8) is 0 Å². The SMILES string of the molecule is CC.CCC(COC)N(C(=O)Cc1cccc(C(F)(F)F)c1)C(C)c1nc2ncccc2c(=O)n1-c1ccc(C#N)cc1.CF. The van der Waals surface area contributed by atoms with Gasteiger partial charge in [0.05, 0.1) is 60.6 Å². The van der Waals surface area contributed by atoms with Crippen molar-refractivity contribution in [3.8, 4) is 11.8 Å². The molecule has 0 aliphatic heterocycles. The number of hydrogen-bond donors (Lipinski definition) is 0. The Morgan fingerprint density at radius 3 is 2.33 bits per heavy atom. The zero-order valence-corrected chi connectivity index (χ0v) is 26.1. The number of hydrogen-bond acceptors (Lipinski definition) is 6. The number of methoxy groups -OCH3 is 1. The third kappa shape index (κ3) is 8.73. The maximum Gasteiger partial charge on any atom is 0.416 e. The lowest BCUT2D eigenvalue weighted by Gasteiger charge is -2.36. The van der Waals surface area contributed by atoms with Crippen molar-refractivity contribution in [1.29, 1.82) is 5.26 Å². The number of ether oxygens (including phenoxy) is 1. The Kier molecular flexibility index (Phi) is 13.8. The fourth-order valence-electron chi connectivity index (χ4n) is 4.82. The van der Waals surface area contributed by atoms with E-state index in [4.69, 9.17) is 9.72 Å². The third-order valence-electron chi connectivity index (χ3n) is 6.84. The Morgan fingerprint density at radius 1 is 1.09 bits per heavy atom. The van der Waals surface area contributed by atoms with E-state index in [0.29, 0.717) is 24.8 Å². The number of carbonyl (C=O) groups excluding carboxylic acids is 1. The topological polar surface area (TPSA) is 101 Å². The van der Waals surface area contributed by atoms with Crippen LogP contribution < -0.4 is 5.56 Å². The first-order valence-electron chi connectivity index (χ1n) is 14.3. The average Bonchev–Trinajstić information content (AvgIpc) is 3.06. The largest absolute Gasteiger partial charge is 0.416 e. The molecule has 1 amide bonds. The number of pyridine rings is 1. The first-order chi connectivity index (χ1) is 21.6. The Morgan fingerprint density at radius 2 is 1.76 bits per heavy atom. The highest BCUT2D eigenvalue weighted by Gasteiger charge is 2.33. The van der Waals surface area contributed by atoms with Gasteiger partial charge in [0.15, 0.2) is 5.65 Å². The zero-order chi connectivity index (χ0) is 33.7. The van der Waals surface area contributed by atoms with Crippen molar-refractivity contribution in [2.75, 3.05) is 20.9 Å². The normalized spacial score (nSPS) is 12.1.